The average molecular weight is 332 g/mol. The Kier molecular flexibility index (Phi) is 5.51. The molecule has 1 aromatic carbocycles. The van der Waals surface area contributed by atoms with E-state index in [0.29, 0.717) is 11.3 Å². The SMILES string of the molecule is CC(C)(C)OC(=O)C(NC(=O)OCc1cn[nH]n1)c1ccccc1. The predicted molar refractivity (Wildman–Crippen MR) is 84.7 cm³/mol. The maximum atomic E-state index is 12.4. The van der Waals surface area contributed by atoms with Gasteiger partial charge in [-0.25, -0.2) is 9.59 Å². The first kappa shape index (κ1) is 17.5. The maximum Gasteiger partial charge on any atom is 0.408 e. The molecule has 0 aliphatic carbocycles. The number of aromatic nitrogens is 3. The molecule has 0 radical (unpaired) electrons. The highest BCUT2D eigenvalue weighted by molar-refractivity contribution is 5.83. The van der Waals surface area contributed by atoms with Gasteiger partial charge in [0.05, 0.1) is 6.20 Å². The molecule has 1 unspecified atom stereocenters. The molecule has 0 aliphatic rings. The molecule has 0 saturated heterocycles. The number of H-pyrrole nitrogens is 1. The van der Waals surface area contributed by atoms with Crippen molar-refractivity contribution in [3.63, 3.8) is 0 Å². The van der Waals surface area contributed by atoms with E-state index in [1.165, 1.54) is 6.20 Å². The van der Waals surface area contributed by atoms with Crippen LogP contribution in [0.4, 0.5) is 4.79 Å². The molecule has 128 valence electrons. The summed E-state index contributed by atoms with van der Waals surface area (Å²) in [6.07, 6.45) is 0.688. The third-order valence-corrected chi connectivity index (χ3v) is 2.85. The van der Waals surface area contributed by atoms with Crippen molar-refractivity contribution in [2.75, 3.05) is 0 Å². The normalized spacial score (nSPS) is 12.3. The highest BCUT2D eigenvalue weighted by Crippen LogP contribution is 2.18. The van der Waals surface area contributed by atoms with E-state index in [4.69, 9.17) is 9.47 Å². The second kappa shape index (κ2) is 7.58. The number of alkyl carbamates (subject to hydrolysis) is 1. The topological polar surface area (TPSA) is 106 Å². The van der Waals surface area contributed by atoms with Gasteiger partial charge in [0.15, 0.2) is 6.04 Å². The number of aromatic amines is 1. The van der Waals surface area contributed by atoms with Crippen LogP contribution in [0.5, 0.6) is 0 Å². The average Bonchev–Trinajstić information content (AvgIpc) is 3.03. The smallest absolute Gasteiger partial charge is 0.408 e. The van der Waals surface area contributed by atoms with Crippen molar-refractivity contribution in [2.24, 2.45) is 0 Å². The number of hydrogen-bond donors (Lipinski definition) is 2. The molecule has 0 aliphatic heterocycles. The van der Waals surface area contributed by atoms with Crippen LogP contribution < -0.4 is 5.32 Å². The number of carbonyl (C=O) groups is 2. The molecule has 1 atom stereocenters. The van der Waals surface area contributed by atoms with Crippen LogP contribution in [0, 0.1) is 0 Å². The molecule has 0 saturated carbocycles. The largest absolute Gasteiger partial charge is 0.458 e. The van der Waals surface area contributed by atoms with E-state index in [-0.39, 0.29) is 6.61 Å². The Balaban J connectivity index is 2.05. The second-order valence-corrected chi connectivity index (χ2v) is 6.06. The summed E-state index contributed by atoms with van der Waals surface area (Å²) in [5.74, 6) is -0.563. The predicted octanol–water partition coefficient (Wildman–Crippen LogP) is 2.11. The molecule has 2 N–H and O–H groups in total. The first-order valence-corrected chi connectivity index (χ1v) is 7.41. The van der Waals surface area contributed by atoms with Gasteiger partial charge >= 0.3 is 12.1 Å². The molecule has 1 heterocycles. The highest BCUT2D eigenvalue weighted by atomic mass is 16.6. The number of nitrogens with zero attached hydrogens (tertiary/aromatic N) is 2. The van der Waals surface area contributed by atoms with E-state index in [0.717, 1.165) is 0 Å². The van der Waals surface area contributed by atoms with Crippen LogP contribution in [0.3, 0.4) is 0 Å². The summed E-state index contributed by atoms with van der Waals surface area (Å²) in [6, 6.07) is 7.86. The van der Waals surface area contributed by atoms with Gasteiger partial charge < -0.3 is 14.8 Å². The van der Waals surface area contributed by atoms with Crippen LogP contribution in [0.1, 0.15) is 38.1 Å². The van der Waals surface area contributed by atoms with E-state index < -0.39 is 23.7 Å². The third kappa shape index (κ3) is 5.38. The van der Waals surface area contributed by atoms with Crippen LogP contribution in [-0.4, -0.2) is 33.1 Å². The standard InChI is InChI=1S/C16H20N4O4/c1-16(2,3)24-14(21)13(11-7-5-4-6-8-11)18-15(22)23-10-12-9-17-20-19-12/h4-9,13H,10H2,1-3H3,(H,18,22)(H,17,19,20). The number of ether oxygens (including phenoxy) is 2. The maximum absolute atomic E-state index is 12.4. The third-order valence-electron chi connectivity index (χ3n) is 2.85. The number of esters is 1. The van der Waals surface area contributed by atoms with Gasteiger partial charge in [0.25, 0.3) is 0 Å². The summed E-state index contributed by atoms with van der Waals surface area (Å²) in [7, 11) is 0. The molecule has 8 nitrogen and oxygen atoms in total. The number of rotatable bonds is 5. The fourth-order valence-corrected chi connectivity index (χ4v) is 1.88. The van der Waals surface area contributed by atoms with Crippen LogP contribution in [0.2, 0.25) is 0 Å². The number of hydrogen-bond acceptors (Lipinski definition) is 6. The quantitative estimate of drug-likeness (QED) is 0.812. The summed E-state index contributed by atoms with van der Waals surface area (Å²) in [4.78, 5) is 24.4. The van der Waals surface area contributed by atoms with Gasteiger partial charge in [0.1, 0.15) is 17.9 Å². The Labute approximate surface area is 139 Å². The molecule has 0 fully saturated rings. The number of nitrogens with one attached hydrogen (secondary N) is 2. The Bertz CT molecular complexity index is 665. The lowest BCUT2D eigenvalue weighted by Gasteiger charge is -2.24. The molecular formula is C16H20N4O4. The highest BCUT2D eigenvalue weighted by Gasteiger charge is 2.28. The fraction of sp³-hybridized carbons (Fsp3) is 0.375. The van der Waals surface area contributed by atoms with Gasteiger partial charge in [-0.2, -0.15) is 15.4 Å². The van der Waals surface area contributed by atoms with Gasteiger partial charge in [0, 0.05) is 0 Å². The van der Waals surface area contributed by atoms with E-state index in [2.05, 4.69) is 20.7 Å². The Hall–Kier alpha value is -2.90. The first-order valence-electron chi connectivity index (χ1n) is 7.41. The summed E-state index contributed by atoms with van der Waals surface area (Å²) in [5.41, 5.74) is 0.403. The van der Waals surface area contributed by atoms with Crippen molar-refractivity contribution < 1.29 is 19.1 Å². The summed E-state index contributed by atoms with van der Waals surface area (Å²) in [5, 5.41) is 12.3. The lowest BCUT2D eigenvalue weighted by atomic mass is 10.1. The molecule has 2 rings (SSSR count). The Morgan fingerprint density at radius 3 is 2.54 bits per heavy atom. The summed E-state index contributed by atoms with van der Waals surface area (Å²) >= 11 is 0. The van der Waals surface area contributed by atoms with Gasteiger partial charge in [-0.3, -0.25) is 0 Å². The summed E-state index contributed by atoms with van der Waals surface area (Å²) < 4.78 is 10.4. The number of amides is 1. The van der Waals surface area contributed by atoms with Crippen LogP contribution in [0.25, 0.3) is 0 Å². The van der Waals surface area contributed by atoms with Gasteiger partial charge in [-0.15, -0.1) is 0 Å². The Morgan fingerprint density at radius 1 is 1.25 bits per heavy atom. The molecule has 8 heteroatoms. The molecule has 1 amide bonds. The zero-order valence-electron chi connectivity index (χ0n) is 13.8. The lowest BCUT2D eigenvalue weighted by Crippen LogP contribution is -2.38. The minimum Gasteiger partial charge on any atom is -0.458 e. The van der Waals surface area contributed by atoms with Crippen molar-refractivity contribution in [2.45, 2.75) is 39.0 Å². The monoisotopic (exact) mass is 332 g/mol. The molecule has 24 heavy (non-hydrogen) atoms. The molecule has 0 bridgehead atoms. The minimum atomic E-state index is -0.963. The minimum absolute atomic E-state index is 0.0574. The first-order chi connectivity index (χ1) is 11.3. The van der Waals surface area contributed by atoms with Gasteiger partial charge in [0.2, 0.25) is 0 Å². The molecule has 1 aromatic heterocycles. The van der Waals surface area contributed by atoms with Crippen LogP contribution >= 0.6 is 0 Å². The molecule has 2 aromatic rings. The van der Waals surface area contributed by atoms with Crippen molar-refractivity contribution >= 4 is 12.1 Å². The fourth-order valence-electron chi connectivity index (χ4n) is 1.88. The summed E-state index contributed by atoms with van der Waals surface area (Å²) in [6.45, 7) is 5.22. The number of carbonyl (C=O) groups excluding carboxylic acids is 2. The zero-order valence-corrected chi connectivity index (χ0v) is 13.8. The van der Waals surface area contributed by atoms with Crippen molar-refractivity contribution in [1.82, 2.24) is 20.7 Å². The van der Waals surface area contributed by atoms with E-state index >= 15 is 0 Å². The zero-order chi connectivity index (χ0) is 17.6. The van der Waals surface area contributed by atoms with Gasteiger partial charge in [-0.1, -0.05) is 30.3 Å². The van der Waals surface area contributed by atoms with Crippen molar-refractivity contribution in [3.05, 3.63) is 47.8 Å². The Morgan fingerprint density at radius 2 is 1.96 bits per heavy atom. The van der Waals surface area contributed by atoms with E-state index in [9.17, 15) is 9.59 Å². The number of benzene rings is 1. The van der Waals surface area contributed by atoms with Gasteiger partial charge in [-0.05, 0) is 26.3 Å². The second-order valence-electron chi connectivity index (χ2n) is 6.06. The van der Waals surface area contributed by atoms with Crippen LogP contribution in [0.15, 0.2) is 36.5 Å². The molecule has 0 spiro atoms. The lowest BCUT2D eigenvalue weighted by molar-refractivity contribution is -0.157. The van der Waals surface area contributed by atoms with E-state index in [1.54, 1.807) is 45.0 Å². The van der Waals surface area contributed by atoms with Crippen molar-refractivity contribution in [1.29, 1.82) is 0 Å². The van der Waals surface area contributed by atoms with Crippen molar-refractivity contribution in [3.8, 4) is 0 Å². The molecular weight excluding hydrogens is 312 g/mol. The van der Waals surface area contributed by atoms with E-state index in [1.807, 2.05) is 6.07 Å². The van der Waals surface area contributed by atoms with Crippen LogP contribution in [-0.2, 0) is 20.9 Å².